The second kappa shape index (κ2) is 7.96. The van der Waals surface area contributed by atoms with E-state index < -0.39 is 17.2 Å². The number of carbonyl (C=O) groups is 1. The number of nitrogens with zero attached hydrogens (tertiary/aromatic N) is 2. The van der Waals surface area contributed by atoms with Crippen molar-refractivity contribution < 1.29 is 18.7 Å². The summed E-state index contributed by atoms with van der Waals surface area (Å²) in [5, 5.41) is 3.34. The fraction of sp³-hybridized carbons (Fsp3) is 0.273. The third-order valence-electron chi connectivity index (χ3n) is 5.49. The minimum Gasteiger partial charge on any atom is -0.453 e. The van der Waals surface area contributed by atoms with Crippen molar-refractivity contribution >= 4 is 28.4 Å². The molecule has 0 atom stereocenters. The number of carbonyl (C=O) groups excluding carboxylic acids is 1. The van der Waals surface area contributed by atoms with Crippen molar-refractivity contribution in [3.05, 3.63) is 63.2 Å². The summed E-state index contributed by atoms with van der Waals surface area (Å²) in [5.74, 6) is -0.467. The van der Waals surface area contributed by atoms with Gasteiger partial charge in [0, 0.05) is 43.5 Å². The van der Waals surface area contributed by atoms with Crippen LogP contribution in [-0.4, -0.2) is 54.8 Å². The largest absolute Gasteiger partial charge is 0.453 e. The number of pyridine rings is 1. The second-order valence-corrected chi connectivity index (χ2v) is 7.90. The normalized spacial score (nSPS) is 15.4. The van der Waals surface area contributed by atoms with Crippen LogP contribution >= 0.6 is 11.6 Å². The fourth-order valence-corrected chi connectivity index (χ4v) is 4.12. The Balaban J connectivity index is 1.53. The summed E-state index contributed by atoms with van der Waals surface area (Å²) < 4.78 is 27.0. The molecule has 7 nitrogen and oxygen atoms in total. The molecule has 0 saturated carbocycles. The number of halogens is 2. The number of hydrogen-bond donors (Lipinski definition) is 1. The summed E-state index contributed by atoms with van der Waals surface area (Å²) in [7, 11) is 0. The molecule has 0 spiro atoms. The van der Waals surface area contributed by atoms with Gasteiger partial charge < -0.3 is 19.4 Å². The van der Waals surface area contributed by atoms with Crippen LogP contribution in [0.3, 0.4) is 0 Å². The fourth-order valence-electron chi connectivity index (χ4n) is 3.95. The number of rotatable bonds is 4. The second-order valence-electron chi connectivity index (χ2n) is 7.47. The Bertz CT molecular complexity index is 1250. The van der Waals surface area contributed by atoms with Crippen LogP contribution in [0.1, 0.15) is 10.4 Å². The Kier molecular flexibility index (Phi) is 5.13. The van der Waals surface area contributed by atoms with Gasteiger partial charge in [-0.3, -0.25) is 14.5 Å². The monoisotopic (exact) mass is 443 g/mol. The van der Waals surface area contributed by atoms with Crippen LogP contribution in [-0.2, 0) is 4.74 Å². The molecule has 1 saturated heterocycles. The van der Waals surface area contributed by atoms with Gasteiger partial charge in [-0.05, 0) is 24.3 Å². The first kappa shape index (κ1) is 20.0. The van der Waals surface area contributed by atoms with Crippen LogP contribution in [0.15, 0.2) is 41.3 Å². The van der Waals surface area contributed by atoms with Gasteiger partial charge in [0.25, 0.3) is 5.91 Å². The zero-order valence-electron chi connectivity index (χ0n) is 16.5. The molecule has 0 unspecified atom stereocenters. The van der Waals surface area contributed by atoms with Crippen molar-refractivity contribution in [2.24, 2.45) is 0 Å². The Hall–Kier alpha value is -2.94. The molecule has 1 aromatic heterocycles. The minimum atomic E-state index is -0.617. The molecular weight excluding hydrogens is 425 g/mol. The summed E-state index contributed by atoms with van der Waals surface area (Å²) in [6.07, 6.45) is 1.47. The molecule has 0 radical (unpaired) electrons. The van der Waals surface area contributed by atoms with Gasteiger partial charge in [0.2, 0.25) is 5.43 Å². The standard InChI is InChI=1S/C22H19ClFN3O4/c23-13-1-2-18-17(9-13)27-12-16(22(29)25-3-4-26-5-7-30-8-6-26)21(28)15-10-14(24)11-19(31-18)20(15)27/h1-2,9-12H,3-8H2,(H,25,29). The molecule has 1 fully saturated rings. The lowest BCUT2D eigenvalue weighted by atomic mass is 10.1. The van der Waals surface area contributed by atoms with Gasteiger partial charge in [-0.1, -0.05) is 11.6 Å². The zero-order valence-corrected chi connectivity index (χ0v) is 17.2. The smallest absolute Gasteiger partial charge is 0.256 e. The van der Waals surface area contributed by atoms with E-state index in [2.05, 4.69) is 10.2 Å². The van der Waals surface area contributed by atoms with Gasteiger partial charge >= 0.3 is 0 Å². The number of ether oxygens (including phenoxy) is 2. The number of amides is 1. The Morgan fingerprint density at radius 1 is 1.16 bits per heavy atom. The lowest BCUT2D eigenvalue weighted by Gasteiger charge is -2.26. The van der Waals surface area contributed by atoms with Crippen molar-refractivity contribution in [3.63, 3.8) is 0 Å². The van der Waals surface area contributed by atoms with Crippen LogP contribution in [0.2, 0.25) is 5.02 Å². The summed E-state index contributed by atoms with van der Waals surface area (Å²) in [5.41, 5.74) is 0.341. The molecule has 2 aliphatic heterocycles. The van der Waals surface area contributed by atoms with E-state index in [0.717, 1.165) is 19.2 Å². The lowest BCUT2D eigenvalue weighted by Crippen LogP contribution is -2.42. The lowest BCUT2D eigenvalue weighted by molar-refractivity contribution is 0.0383. The summed E-state index contributed by atoms with van der Waals surface area (Å²) in [6, 6.07) is 7.34. The maximum atomic E-state index is 14.2. The molecular formula is C22H19ClFN3O4. The number of morpholine rings is 1. The van der Waals surface area contributed by atoms with Crippen LogP contribution in [0.4, 0.5) is 4.39 Å². The van der Waals surface area contributed by atoms with Gasteiger partial charge in [-0.25, -0.2) is 4.39 Å². The average Bonchev–Trinajstić information content (AvgIpc) is 2.76. The molecule has 0 aliphatic carbocycles. The molecule has 2 aromatic carbocycles. The maximum absolute atomic E-state index is 14.2. The van der Waals surface area contributed by atoms with Gasteiger partial charge in [0.15, 0.2) is 11.5 Å². The van der Waals surface area contributed by atoms with E-state index in [0.29, 0.717) is 48.3 Å². The first-order chi connectivity index (χ1) is 15.0. The number of aromatic nitrogens is 1. The van der Waals surface area contributed by atoms with Crippen molar-refractivity contribution in [2.75, 3.05) is 39.4 Å². The van der Waals surface area contributed by atoms with Crippen LogP contribution in [0.25, 0.3) is 16.6 Å². The molecule has 9 heteroatoms. The molecule has 2 aliphatic rings. The number of fused-ring (bicyclic) bond motifs is 2. The highest BCUT2D eigenvalue weighted by Crippen LogP contribution is 2.40. The first-order valence-electron chi connectivity index (χ1n) is 9.96. The van der Waals surface area contributed by atoms with Gasteiger partial charge in [0.1, 0.15) is 16.9 Å². The number of benzene rings is 2. The van der Waals surface area contributed by atoms with Gasteiger partial charge in [-0.15, -0.1) is 0 Å². The van der Waals surface area contributed by atoms with Crippen LogP contribution in [0, 0.1) is 5.82 Å². The number of nitrogens with one attached hydrogen (secondary N) is 1. The Morgan fingerprint density at radius 3 is 2.77 bits per heavy atom. The van der Waals surface area contributed by atoms with Crippen LogP contribution < -0.4 is 15.5 Å². The maximum Gasteiger partial charge on any atom is 0.256 e. The highest BCUT2D eigenvalue weighted by atomic mass is 35.5. The quantitative estimate of drug-likeness (QED) is 0.525. The first-order valence-corrected chi connectivity index (χ1v) is 10.3. The van der Waals surface area contributed by atoms with Gasteiger partial charge in [0.05, 0.1) is 24.3 Å². The van der Waals surface area contributed by atoms with E-state index in [9.17, 15) is 14.0 Å². The molecule has 5 rings (SSSR count). The molecule has 3 heterocycles. The number of hydrogen-bond acceptors (Lipinski definition) is 5. The SMILES string of the molecule is O=C(NCCN1CCOCC1)c1cn2c3c(cc(F)cc3c1=O)Oc1ccc(Cl)cc1-2. The summed E-state index contributed by atoms with van der Waals surface area (Å²) in [6.45, 7) is 3.98. The topological polar surface area (TPSA) is 72.8 Å². The van der Waals surface area contributed by atoms with E-state index in [1.807, 2.05) is 0 Å². The average molecular weight is 444 g/mol. The highest BCUT2D eigenvalue weighted by molar-refractivity contribution is 6.30. The third-order valence-corrected chi connectivity index (χ3v) is 5.73. The molecule has 31 heavy (non-hydrogen) atoms. The molecule has 1 N–H and O–H groups in total. The van der Waals surface area contributed by atoms with Crippen molar-refractivity contribution in [1.82, 2.24) is 14.8 Å². The molecule has 0 bridgehead atoms. The summed E-state index contributed by atoms with van der Waals surface area (Å²) >= 11 is 6.16. The van der Waals surface area contributed by atoms with E-state index in [1.165, 1.54) is 12.3 Å². The Labute approximate surface area is 181 Å². The predicted octanol–water partition coefficient (Wildman–Crippen LogP) is 2.95. The minimum absolute atomic E-state index is 0.0705. The third kappa shape index (κ3) is 3.67. The van der Waals surface area contributed by atoms with E-state index in [4.69, 9.17) is 21.1 Å². The van der Waals surface area contributed by atoms with Crippen molar-refractivity contribution in [3.8, 4) is 17.2 Å². The van der Waals surface area contributed by atoms with Crippen molar-refractivity contribution in [2.45, 2.75) is 0 Å². The molecule has 160 valence electrons. The van der Waals surface area contributed by atoms with Crippen LogP contribution in [0.5, 0.6) is 11.5 Å². The van der Waals surface area contributed by atoms with Crippen molar-refractivity contribution in [1.29, 1.82) is 0 Å². The Morgan fingerprint density at radius 2 is 1.97 bits per heavy atom. The molecule has 1 amide bonds. The van der Waals surface area contributed by atoms with E-state index in [-0.39, 0.29) is 16.7 Å². The highest BCUT2D eigenvalue weighted by Gasteiger charge is 2.25. The van der Waals surface area contributed by atoms with E-state index >= 15 is 0 Å². The predicted molar refractivity (Wildman–Crippen MR) is 114 cm³/mol. The van der Waals surface area contributed by atoms with E-state index in [1.54, 1.807) is 22.8 Å². The molecule has 3 aromatic rings. The summed E-state index contributed by atoms with van der Waals surface area (Å²) in [4.78, 5) is 28.1. The van der Waals surface area contributed by atoms with Gasteiger partial charge in [-0.2, -0.15) is 0 Å². The zero-order chi connectivity index (χ0) is 21.5.